The van der Waals surface area contributed by atoms with E-state index < -0.39 is 6.23 Å². The van der Waals surface area contributed by atoms with Crippen molar-refractivity contribution in [2.24, 2.45) is 0 Å². The minimum absolute atomic E-state index is 0.246. The van der Waals surface area contributed by atoms with Crippen molar-refractivity contribution in [2.75, 3.05) is 13.7 Å². The molecule has 0 aliphatic carbocycles. The van der Waals surface area contributed by atoms with Crippen molar-refractivity contribution in [3.05, 3.63) is 30.0 Å². The van der Waals surface area contributed by atoms with Gasteiger partial charge in [0.1, 0.15) is 12.0 Å². The molecule has 2 aromatic rings. The van der Waals surface area contributed by atoms with Gasteiger partial charge in [-0.1, -0.05) is 29.5 Å². The summed E-state index contributed by atoms with van der Waals surface area (Å²) in [6.45, 7) is 2.83. The first-order valence-electron chi connectivity index (χ1n) is 6.85. The van der Waals surface area contributed by atoms with Crippen LogP contribution >= 0.6 is 22.6 Å². The van der Waals surface area contributed by atoms with Gasteiger partial charge in [0, 0.05) is 23.6 Å². The molecule has 2 atom stereocenters. The summed E-state index contributed by atoms with van der Waals surface area (Å²) in [5.41, 5.74) is 2.35. The summed E-state index contributed by atoms with van der Waals surface area (Å²) in [4.78, 5) is 3.26. The number of alkyl halides is 1. The number of methoxy groups -OCH3 is 1. The molecule has 5 heteroatoms. The number of hydrogen-bond acceptors (Lipinski definition) is 3. The zero-order valence-electron chi connectivity index (χ0n) is 11.8. The average molecular weight is 388 g/mol. The summed E-state index contributed by atoms with van der Waals surface area (Å²) in [5.74, 6) is 0.865. The molecule has 0 aliphatic rings. The van der Waals surface area contributed by atoms with Gasteiger partial charge in [0.2, 0.25) is 0 Å². The maximum atomic E-state index is 9.90. The van der Waals surface area contributed by atoms with Crippen LogP contribution in [0.5, 0.6) is 5.75 Å². The first kappa shape index (κ1) is 15.6. The van der Waals surface area contributed by atoms with Gasteiger partial charge in [-0.05, 0) is 36.6 Å². The predicted molar refractivity (Wildman–Crippen MR) is 90.7 cm³/mol. The van der Waals surface area contributed by atoms with Crippen molar-refractivity contribution in [3.63, 3.8) is 0 Å². The first-order valence-corrected chi connectivity index (χ1v) is 8.09. The summed E-state index contributed by atoms with van der Waals surface area (Å²) in [6, 6.07) is 6.02. The van der Waals surface area contributed by atoms with Gasteiger partial charge in [-0.3, -0.25) is 5.32 Å². The Morgan fingerprint density at radius 1 is 1.45 bits per heavy atom. The third-order valence-corrected chi connectivity index (χ3v) is 5.02. The maximum absolute atomic E-state index is 9.90. The van der Waals surface area contributed by atoms with Gasteiger partial charge < -0.3 is 14.8 Å². The van der Waals surface area contributed by atoms with Gasteiger partial charge in [-0.2, -0.15) is 0 Å². The molecule has 0 aliphatic heterocycles. The Morgan fingerprint density at radius 3 is 2.95 bits per heavy atom. The lowest BCUT2D eigenvalue weighted by atomic mass is 10.1. The van der Waals surface area contributed by atoms with E-state index in [1.807, 2.05) is 24.4 Å². The molecule has 20 heavy (non-hydrogen) atoms. The fourth-order valence-corrected chi connectivity index (χ4v) is 2.45. The molecule has 2 rings (SSSR count). The number of H-pyrrole nitrogens is 1. The highest BCUT2D eigenvalue weighted by Crippen LogP contribution is 2.23. The Morgan fingerprint density at radius 2 is 2.25 bits per heavy atom. The predicted octanol–water partition coefficient (Wildman–Crippen LogP) is 2.84. The normalized spacial score (nSPS) is 14.4. The Kier molecular flexibility index (Phi) is 5.68. The number of ether oxygens (including phenoxy) is 1. The van der Waals surface area contributed by atoms with Crippen molar-refractivity contribution in [2.45, 2.75) is 29.9 Å². The number of aromatic nitrogens is 1. The summed E-state index contributed by atoms with van der Waals surface area (Å²) >= 11 is 2.27. The largest absolute Gasteiger partial charge is 0.497 e. The fourth-order valence-electron chi connectivity index (χ4n) is 2.20. The number of aliphatic hydroxyl groups is 1. The van der Waals surface area contributed by atoms with Crippen molar-refractivity contribution >= 4 is 33.5 Å². The molecule has 0 fully saturated rings. The van der Waals surface area contributed by atoms with E-state index in [-0.39, 0.29) is 3.92 Å². The Labute approximate surface area is 133 Å². The molecule has 1 aromatic heterocycles. The molecule has 0 saturated heterocycles. The third kappa shape index (κ3) is 3.65. The van der Waals surface area contributed by atoms with Crippen LogP contribution in [0.25, 0.3) is 10.9 Å². The molecule has 0 radical (unpaired) electrons. The van der Waals surface area contributed by atoms with E-state index in [0.29, 0.717) is 0 Å². The van der Waals surface area contributed by atoms with E-state index in [4.69, 9.17) is 4.74 Å². The second-order valence-electron chi connectivity index (χ2n) is 4.80. The van der Waals surface area contributed by atoms with E-state index in [1.54, 1.807) is 7.11 Å². The number of halogens is 1. The van der Waals surface area contributed by atoms with Gasteiger partial charge >= 0.3 is 0 Å². The van der Waals surface area contributed by atoms with Gasteiger partial charge in [0.25, 0.3) is 0 Å². The van der Waals surface area contributed by atoms with Gasteiger partial charge in [0.05, 0.1) is 11.0 Å². The van der Waals surface area contributed by atoms with Crippen molar-refractivity contribution in [1.82, 2.24) is 10.3 Å². The van der Waals surface area contributed by atoms with Gasteiger partial charge in [-0.15, -0.1) is 0 Å². The quantitative estimate of drug-likeness (QED) is 0.389. The molecule has 0 saturated carbocycles. The summed E-state index contributed by atoms with van der Waals surface area (Å²) in [6.07, 6.45) is 3.41. The lowest BCUT2D eigenvalue weighted by molar-refractivity contribution is 0.138. The molecular weight excluding hydrogens is 367 g/mol. The monoisotopic (exact) mass is 388 g/mol. The molecule has 1 aromatic carbocycles. The topological polar surface area (TPSA) is 57.3 Å². The third-order valence-electron chi connectivity index (χ3n) is 3.46. The molecule has 4 nitrogen and oxygen atoms in total. The second-order valence-corrected chi connectivity index (χ2v) is 6.40. The molecule has 0 bridgehead atoms. The van der Waals surface area contributed by atoms with E-state index in [9.17, 15) is 5.11 Å². The Bertz CT molecular complexity index is 556. The van der Waals surface area contributed by atoms with Crippen molar-refractivity contribution in [1.29, 1.82) is 0 Å². The van der Waals surface area contributed by atoms with E-state index in [1.165, 1.54) is 10.9 Å². The average Bonchev–Trinajstić information content (AvgIpc) is 2.88. The Hall–Kier alpha value is -0.790. The van der Waals surface area contributed by atoms with Crippen LogP contribution < -0.4 is 10.1 Å². The van der Waals surface area contributed by atoms with Crippen LogP contribution in [0.3, 0.4) is 0 Å². The standard InChI is InChI=1S/C15H21IN2O2/c1-3-13(16)15(19)17-7-6-10-9-18-14-5-4-11(20-2)8-12(10)14/h4-5,8-9,13,15,17-19H,3,6-7H2,1-2H3. The van der Waals surface area contributed by atoms with Crippen LogP contribution in [0.2, 0.25) is 0 Å². The van der Waals surface area contributed by atoms with Crippen LogP contribution in [0.4, 0.5) is 0 Å². The number of aromatic amines is 1. The van der Waals surface area contributed by atoms with Crippen molar-refractivity contribution < 1.29 is 9.84 Å². The summed E-state index contributed by atoms with van der Waals surface area (Å²) < 4.78 is 5.51. The number of hydrogen-bond donors (Lipinski definition) is 3. The summed E-state index contributed by atoms with van der Waals surface area (Å²) in [5, 5.41) is 14.2. The van der Waals surface area contributed by atoms with Gasteiger partial charge in [0.15, 0.2) is 0 Å². The van der Waals surface area contributed by atoms with Crippen LogP contribution in [0, 0.1) is 0 Å². The maximum Gasteiger partial charge on any atom is 0.119 e. The molecule has 0 amide bonds. The lowest BCUT2D eigenvalue weighted by Crippen LogP contribution is -2.37. The zero-order valence-corrected chi connectivity index (χ0v) is 14.0. The SMILES string of the molecule is CCC(I)C(O)NCCc1c[nH]c2ccc(OC)cc12. The van der Waals surface area contributed by atoms with E-state index >= 15 is 0 Å². The highest BCUT2D eigenvalue weighted by atomic mass is 127. The van der Waals surface area contributed by atoms with Crippen LogP contribution in [-0.2, 0) is 6.42 Å². The van der Waals surface area contributed by atoms with Crippen molar-refractivity contribution in [3.8, 4) is 5.75 Å². The van der Waals surface area contributed by atoms with E-state index in [0.717, 1.165) is 30.7 Å². The minimum atomic E-state index is -0.444. The molecule has 1 heterocycles. The van der Waals surface area contributed by atoms with Gasteiger partial charge in [-0.25, -0.2) is 0 Å². The smallest absolute Gasteiger partial charge is 0.119 e. The number of benzene rings is 1. The zero-order chi connectivity index (χ0) is 14.5. The molecule has 110 valence electrons. The fraction of sp³-hybridized carbons (Fsp3) is 0.467. The highest BCUT2D eigenvalue weighted by Gasteiger charge is 2.13. The molecular formula is C15H21IN2O2. The van der Waals surface area contributed by atoms with Crippen LogP contribution in [0.1, 0.15) is 18.9 Å². The number of nitrogens with one attached hydrogen (secondary N) is 2. The molecule has 2 unspecified atom stereocenters. The minimum Gasteiger partial charge on any atom is -0.497 e. The Balaban J connectivity index is 1.99. The first-order chi connectivity index (χ1) is 9.65. The van der Waals surface area contributed by atoms with E-state index in [2.05, 4.69) is 39.8 Å². The number of fused-ring (bicyclic) bond motifs is 1. The lowest BCUT2D eigenvalue weighted by Gasteiger charge is -2.17. The second kappa shape index (κ2) is 7.28. The molecule has 0 spiro atoms. The molecule has 3 N–H and O–H groups in total. The van der Waals surface area contributed by atoms with Crippen LogP contribution in [0.15, 0.2) is 24.4 Å². The highest BCUT2D eigenvalue weighted by molar-refractivity contribution is 14.1. The number of rotatable bonds is 7. The summed E-state index contributed by atoms with van der Waals surface area (Å²) in [7, 11) is 1.68. The van der Waals surface area contributed by atoms with Crippen LogP contribution in [-0.4, -0.2) is 33.9 Å². The number of aliphatic hydroxyl groups excluding tert-OH is 1.